The molecule has 2 heterocycles. The number of hydrogen-bond donors (Lipinski definition) is 0. The van der Waals surface area contributed by atoms with E-state index in [1.807, 2.05) is 42.5 Å². The van der Waals surface area contributed by atoms with Gasteiger partial charge in [-0.3, -0.25) is 0 Å². The highest BCUT2D eigenvalue weighted by molar-refractivity contribution is 5.69. The van der Waals surface area contributed by atoms with Crippen LogP contribution in [-0.4, -0.2) is 48.0 Å². The number of ether oxygens (including phenoxy) is 4. The quantitative estimate of drug-likeness (QED) is 0.497. The molecule has 0 aliphatic heterocycles. The van der Waals surface area contributed by atoms with E-state index < -0.39 is 0 Å². The van der Waals surface area contributed by atoms with Crippen molar-refractivity contribution in [3.8, 4) is 45.8 Å². The summed E-state index contributed by atoms with van der Waals surface area (Å²) in [4.78, 5) is 9.13. The molecule has 8 nitrogen and oxygen atoms in total. The molecule has 0 radical (unpaired) electrons. The molecular formula is C21H20N4O4. The fourth-order valence-corrected chi connectivity index (χ4v) is 3.09. The van der Waals surface area contributed by atoms with Crippen LogP contribution in [0.3, 0.4) is 0 Å². The number of fused-ring (bicyclic) bond motifs is 1. The van der Waals surface area contributed by atoms with Crippen molar-refractivity contribution < 1.29 is 18.9 Å². The van der Waals surface area contributed by atoms with Crippen molar-refractivity contribution in [3.05, 3.63) is 48.7 Å². The number of nitrogens with zero attached hydrogens (tertiary/aromatic N) is 4. The lowest BCUT2D eigenvalue weighted by molar-refractivity contribution is 0.324. The second-order valence-electron chi connectivity index (χ2n) is 6.12. The molecule has 0 N–H and O–H groups in total. The topological polar surface area (TPSA) is 80.0 Å². The maximum Gasteiger partial charge on any atom is 0.203 e. The van der Waals surface area contributed by atoms with Crippen molar-refractivity contribution in [1.82, 2.24) is 19.6 Å². The van der Waals surface area contributed by atoms with E-state index in [0.717, 1.165) is 16.9 Å². The van der Waals surface area contributed by atoms with E-state index in [1.165, 1.54) is 0 Å². The Labute approximate surface area is 167 Å². The minimum Gasteiger partial charge on any atom is -0.497 e. The van der Waals surface area contributed by atoms with Gasteiger partial charge >= 0.3 is 0 Å². The summed E-state index contributed by atoms with van der Waals surface area (Å²) in [7, 11) is 6.35. The minimum atomic E-state index is 0.517. The van der Waals surface area contributed by atoms with Crippen LogP contribution < -0.4 is 18.9 Å². The molecule has 0 saturated heterocycles. The Balaban J connectivity index is 1.85. The number of methoxy groups -OCH3 is 4. The molecule has 2 aromatic carbocycles. The largest absolute Gasteiger partial charge is 0.497 e. The van der Waals surface area contributed by atoms with Gasteiger partial charge < -0.3 is 18.9 Å². The zero-order valence-electron chi connectivity index (χ0n) is 16.5. The predicted octanol–water partition coefficient (Wildman–Crippen LogP) is 3.49. The zero-order chi connectivity index (χ0) is 20.4. The Kier molecular flexibility index (Phi) is 4.90. The van der Waals surface area contributed by atoms with Crippen molar-refractivity contribution >= 4 is 5.65 Å². The smallest absolute Gasteiger partial charge is 0.203 e. The maximum absolute atomic E-state index is 5.46. The Hall–Kier alpha value is -3.81. The Morgan fingerprint density at radius 2 is 1.45 bits per heavy atom. The first-order valence-electron chi connectivity index (χ1n) is 8.85. The van der Waals surface area contributed by atoms with E-state index in [1.54, 1.807) is 39.2 Å². The molecule has 2 aromatic heterocycles. The van der Waals surface area contributed by atoms with Crippen molar-refractivity contribution in [2.45, 2.75) is 0 Å². The molecule has 0 spiro atoms. The lowest BCUT2D eigenvalue weighted by Gasteiger charge is -2.14. The molecule has 0 fully saturated rings. The summed E-state index contributed by atoms with van der Waals surface area (Å²) in [5, 5.41) is 4.66. The monoisotopic (exact) mass is 392 g/mol. The van der Waals surface area contributed by atoms with Crippen molar-refractivity contribution in [2.75, 3.05) is 28.4 Å². The molecule has 4 rings (SSSR count). The summed E-state index contributed by atoms with van der Waals surface area (Å²) >= 11 is 0. The summed E-state index contributed by atoms with van der Waals surface area (Å²) in [6.45, 7) is 0. The van der Waals surface area contributed by atoms with Gasteiger partial charge in [0.05, 0.1) is 28.4 Å². The third kappa shape index (κ3) is 3.29. The zero-order valence-corrected chi connectivity index (χ0v) is 16.5. The van der Waals surface area contributed by atoms with Crippen molar-refractivity contribution in [3.63, 3.8) is 0 Å². The van der Waals surface area contributed by atoms with E-state index in [9.17, 15) is 0 Å². The summed E-state index contributed by atoms with van der Waals surface area (Å²) in [5.41, 5.74) is 2.32. The molecule has 8 heteroatoms. The molecule has 0 aliphatic rings. The van der Waals surface area contributed by atoms with Gasteiger partial charge in [0, 0.05) is 23.4 Å². The molecule has 0 unspecified atom stereocenters. The average Bonchev–Trinajstić information content (AvgIpc) is 3.22. The van der Waals surface area contributed by atoms with E-state index in [4.69, 9.17) is 18.9 Å². The van der Waals surface area contributed by atoms with Crippen LogP contribution in [0.4, 0.5) is 0 Å². The van der Waals surface area contributed by atoms with Gasteiger partial charge in [0.1, 0.15) is 5.75 Å². The van der Waals surface area contributed by atoms with Crippen LogP contribution in [0, 0.1) is 0 Å². The van der Waals surface area contributed by atoms with Crippen LogP contribution in [0.2, 0.25) is 0 Å². The first-order valence-corrected chi connectivity index (χ1v) is 8.85. The SMILES string of the molecule is COc1ccc(-c2nc3ccnc(-c4cc(OC)c(OC)c(OC)c4)n3n2)cc1. The van der Waals surface area contributed by atoms with Gasteiger partial charge in [-0.05, 0) is 36.4 Å². The minimum absolute atomic E-state index is 0.517. The van der Waals surface area contributed by atoms with Crippen LogP contribution >= 0.6 is 0 Å². The van der Waals surface area contributed by atoms with Crippen molar-refractivity contribution in [2.24, 2.45) is 0 Å². The third-order valence-corrected chi connectivity index (χ3v) is 4.52. The van der Waals surface area contributed by atoms with Gasteiger partial charge in [-0.15, -0.1) is 5.10 Å². The summed E-state index contributed by atoms with van der Waals surface area (Å²) < 4.78 is 23.2. The van der Waals surface area contributed by atoms with Crippen LogP contribution in [0.1, 0.15) is 0 Å². The summed E-state index contributed by atoms with van der Waals surface area (Å²) in [6.07, 6.45) is 1.69. The first kappa shape index (κ1) is 18.5. The van der Waals surface area contributed by atoms with E-state index in [-0.39, 0.29) is 0 Å². The maximum atomic E-state index is 5.46. The molecule has 0 bridgehead atoms. The molecule has 0 amide bonds. The van der Waals surface area contributed by atoms with Gasteiger partial charge in [-0.25, -0.2) is 9.97 Å². The molecule has 29 heavy (non-hydrogen) atoms. The van der Waals surface area contributed by atoms with Crippen LogP contribution in [0.5, 0.6) is 23.0 Å². The van der Waals surface area contributed by atoms with Crippen LogP contribution in [0.15, 0.2) is 48.7 Å². The van der Waals surface area contributed by atoms with Gasteiger partial charge in [0.15, 0.2) is 28.8 Å². The number of aromatic nitrogens is 4. The van der Waals surface area contributed by atoms with E-state index >= 15 is 0 Å². The highest BCUT2D eigenvalue weighted by Crippen LogP contribution is 2.40. The normalized spacial score (nSPS) is 10.8. The fourth-order valence-electron chi connectivity index (χ4n) is 3.09. The number of benzene rings is 2. The number of rotatable bonds is 6. The van der Waals surface area contributed by atoms with Gasteiger partial charge in [0.25, 0.3) is 0 Å². The summed E-state index contributed by atoms with van der Waals surface area (Å²) in [5.74, 6) is 3.57. The summed E-state index contributed by atoms with van der Waals surface area (Å²) in [6, 6.07) is 13.1. The van der Waals surface area contributed by atoms with Gasteiger partial charge in [0.2, 0.25) is 5.75 Å². The molecule has 148 valence electrons. The Morgan fingerprint density at radius 3 is 2.03 bits per heavy atom. The van der Waals surface area contributed by atoms with Crippen LogP contribution in [0.25, 0.3) is 28.4 Å². The van der Waals surface area contributed by atoms with Crippen LogP contribution in [-0.2, 0) is 0 Å². The highest BCUT2D eigenvalue weighted by Gasteiger charge is 2.18. The van der Waals surface area contributed by atoms with E-state index in [0.29, 0.717) is 34.5 Å². The van der Waals surface area contributed by atoms with Gasteiger partial charge in [-0.1, -0.05) is 0 Å². The van der Waals surface area contributed by atoms with Gasteiger partial charge in [-0.2, -0.15) is 4.52 Å². The first-order chi connectivity index (χ1) is 14.2. The fraction of sp³-hybridized carbons (Fsp3) is 0.190. The number of hydrogen-bond acceptors (Lipinski definition) is 7. The van der Waals surface area contributed by atoms with Crippen molar-refractivity contribution in [1.29, 1.82) is 0 Å². The molecule has 0 saturated carbocycles. The second-order valence-corrected chi connectivity index (χ2v) is 6.12. The molecule has 4 aromatic rings. The molecule has 0 aliphatic carbocycles. The lowest BCUT2D eigenvalue weighted by atomic mass is 10.1. The Bertz CT molecular complexity index is 1130. The third-order valence-electron chi connectivity index (χ3n) is 4.52. The second kappa shape index (κ2) is 7.67. The molecule has 0 atom stereocenters. The van der Waals surface area contributed by atoms with E-state index in [2.05, 4.69) is 15.1 Å². The highest BCUT2D eigenvalue weighted by atomic mass is 16.5. The molecular weight excluding hydrogens is 372 g/mol. The lowest BCUT2D eigenvalue weighted by Crippen LogP contribution is -2.00. The standard InChI is InChI=1S/C21H20N4O4/c1-26-15-7-5-13(6-8-15)20-23-18-9-10-22-21(25(18)24-20)14-11-16(27-2)19(29-4)17(12-14)28-3/h5-12H,1-4H3. The predicted molar refractivity (Wildman–Crippen MR) is 108 cm³/mol. The average molecular weight is 392 g/mol. The Morgan fingerprint density at radius 1 is 0.759 bits per heavy atom.